The molecule has 3 aromatic rings. The lowest BCUT2D eigenvalue weighted by molar-refractivity contribution is -0.154. The molecule has 0 bridgehead atoms. The number of rotatable bonds is 40. The Morgan fingerprint density at radius 1 is 0.629 bits per heavy atom. The first-order valence-corrected chi connectivity index (χ1v) is 40.7. The highest BCUT2D eigenvalue weighted by atomic mass is 33.1. The molecule has 1 heterocycles. The second-order valence-electron chi connectivity index (χ2n) is 31.1. The topological polar surface area (TPSA) is 295 Å². The molecule has 0 aliphatic carbocycles. The Morgan fingerprint density at radius 2 is 1.20 bits per heavy atom. The summed E-state index contributed by atoms with van der Waals surface area (Å²) in [6, 6.07) is 16.5. The molecule has 4 rings (SSSR count). The Morgan fingerprint density at radius 3 is 1.76 bits per heavy atom. The van der Waals surface area contributed by atoms with Crippen LogP contribution < -0.4 is 36.1 Å². The largest absolute Gasteiger partial charge is 0.488 e. The lowest BCUT2D eigenvalue weighted by atomic mass is 9.88. The first-order valence-electron chi connectivity index (χ1n) is 36.9. The molecule has 3 aromatic carbocycles. The highest BCUT2D eigenvalue weighted by Gasteiger charge is 2.40. The number of esters is 1. The minimum Gasteiger partial charge on any atom is -0.488 e. The van der Waals surface area contributed by atoms with E-state index in [0.717, 1.165) is 11.5 Å². The van der Waals surface area contributed by atoms with E-state index in [4.69, 9.17) is 33.2 Å². The number of benzene rings is 3. The van der Waals surface area contributed by atoms with Crippen molar-refractivity contribution in [1.29, 1.82) is 0 Å². The standard InChI is InChI=1S/C80H121N5O17S3/c1-19-51(3)70-67(88)44-57(36-40-103-18)76(95)98-47-58(72(91)82-63(43-56-30-34-61(35-31-56)102-80(15,16)17)74(93)83-64(75(94)84-70)42-54-25-22-21-23-26-54)46-68(89)71(53(5)100-78(9,10)11)85-73(92)59(48-99-77(6,7)8)45-66(87)62(41-55-28-32-60(33-29-55)101-79(12,13)14)81-69(90)49-97-39-38-96-37-24-27-65(86)52(4)50-105-104-20-2/h21-23,25-26,28-35,51-53,57-59,62-64,70-71H,19-20,24,27,36-50H2,1-18H3,(H,81,90)(H,82,91)(H,83,93)(H,84,94)(H,85,92)/t51?,52-,53?,57+,58-,59-,62-,63-,64-,70-,71-/m0/s1. The Labute approximate surface area is 636 Å². The maximum atomic E-state index is 15.5. The van der Waals surface area contributed by atoms with Crippen molar-refractivity contribution in [1.82, 2.24) is 26.6 Å². The van der Waals surface area contributed by atoms with Gasteiger partial charge < -0.3 is 59.7 Å². The average molecular weight is 1520 g/mol. The average Bonchev–Trinajstić information content (AvgIpc) is 0.836. The number of carbonyl (C=O) groups excluding carboxylic acids is 10. The number of ketones is 4. The van der Waals surface area contributed by atoms with E-state index in [9.17, 15) is 24.0 Å². The van der Waals surface area contributed by atoms with Crippen LogP contribution in [0.4, 0.5) is 0 Å². The van der Waals surface area contributed by atoms with Gasteiger partial charge in [0.1, 0.15) is 59.8 Å². The fourth-order valence-electron chi connectivity index (χ4n) is 11.4. The van der Waals surface area contributed by atoms with E-state index >= 15 is 24.0 Å². The van der Waals surface area contributed by atoms with Gasteiger partial charge in [-0.05, 0) is 168 Å². The number of thioether (sulfide) groups is 1. The number of carbonyl (C=O) groups is 10. The highest BCUT2D eigenvalue weighted by Crippen LogP contribution is 2.28. The first kappa shape index (κ1) is 91.0. The molecule has 586 valence electrons. The van der Waals surface area contributed by atoms with Gasteiger partial charge in [-0.15, -0.1) is 0 Å². The van der Waals surface area contributed by atoms with Gasteiger partial charge in [-0.3, -0.25) is 47.9 Å². The van der Waals surface area contributed by atoms with Crippen molar-refractivity contribution in [2.24, 2.45) is 29.6 Å². The van der Waals surface area contributed by atoms with Crippen molar-refractivity contribution in [3.8, 4) is 11.5 Å². The zero-order chi connectivity index (χ0) is 78.2. The number of nitrogens with one attached hydrogen (secondary N) is 5. The molecule has 0 spiro atoms. The molecule has 1 fully saturated rings. The summed E-state index contributed by atoms with van der Waals surface area (Å²) < 4.78 is 42.2. The van der Waals surface area contributed by atoms with E-state index in [2.05, 4.69) is 33.5 Å². The number of cyclic esters (lactones) is 1. The van der Waals surface area contributed by atoms with Crippen molar-refractivity contribution in [2.75, 3.05) is 63.2 Å². The molecule has 105 heavy (non-hydrogen) atoms. The van der Waals surface area contributed by atoms with Gasteiger partial charge in [0.2, 0.25) is 29.5 Å². The van der Waals surface area contributed by atoms with Crippen LogP contribution in [0.3, 0.4) is 0 Å². The number of amides is 5. The quantitative estimate of drug-likeness (QED) is 0.0201. The van der Waals surface area contributed by atoms with Crippen LogP contribution in [0.1, 0.15) is 179 Å². The molecule has 25 heteroatoms. The molecule has 1 aliphatic heterocycles. The number of Topliss-reactive ketones (excluding diaryl/α,β-unsaturated/α-hetero) is 4. The first-order chi connectivity index (χ1) is 49.3. The fourth-order valence-corrected chi connectivity index (χ4v) is 13.9. The third kappa shape index (κ3) is 35.9. The Balaban J connectivity index is 1.77. The van der Waals surface area contributed by atoms with E-state index in [0.29, 0.717) is 59.8 Å². The normalized spacial score (nSPS) is 19.3. The monoisotopic (exact) mass is 1520 g/mol. The van der Waals surface area contributed by atoms with Gasteiger partial charge in [-0.1, -0.05) is 110 Å². The van der Waals surface area contributed by atoms with Gasteiger partial charge in [0.25, 0.3) is 0 Å². The summed E-state index contributed by atoms with van der Waals surface area (Å²) in [4.78, 5) is 147. The summed E-state index contributed by atoms with van der Waals surface area (Å²) in [6.45, 7) is 30.4. The third-order valence-corrected chi connectivity index (χ3v) is 20.3. The second kappa shape index (κ2) is 44.8. The number of hydrogen-bond acceptors (Lipinski definition) is 20. The molecule has 1 aliphatic rings. The molecule has 5 amide bonds. The predicted octanol–water partition coefficient (Wildman–Crippen LogP) is 11.0. The van der Waals surface area contributed by atoms with Crippen LogP contribution in [0.25, 0.3) is 0 Å². The van der Waals surface area contributed by atoms with E-state index < -0.39 is 161 Å². The Kier molecular flexibility index (Phi) is 38.9. The molecular weight excluding hydrogens is 1400 g/mol. The van der Waals surface area contributed by atoms with Crippen LogP contribution in [-0.4, -0.2) is 181 Å². The van der Waals surface area contributed by atoms with Crippen molar-refractivity contribution in [2.45, 2.75) is 241 Å². The lowest BCUT2D eigenvalue weighted by Gasteiger charge is -2.33. The van der Waals surface area contributed by atoms with Crippen LogP contribution in [0.5, 0.6) is 11.5 Å². The van der Waals surface area contributed by atoms with Crippen molar-refractivity contribution < 1.29 is 81.1 Å². The molecule has 1 saturated heterocycles. The summed E-state index contributed by atoms with van der Waals surface area (Å²) in [5.74, 6) is -7.17. The molecule has 11 atom stereocenters. The van der Waals surface area contributed by atoms with Crippen LogP contribution in [-0.2, 0) is 90.9 Å². The van der Waals surface area contributed by atoms with Gasteiger partial charge in [0.15, 0.2) is 17.3 Å². The summed E-state index contributed by atoms with van der Waals surface area (Å²) >= 11 is 1.45. The van der Waals surface area contributed by atoms with Gasteiger partial charge in [-0.2, -0.15) is 11.8 Å². The molecular formula is C80H121N5O17S3. The van der Waals surface area contributed by atoms with Crippen molar-refractivity contribution >= 4 is 92.0 Å². The molecule has 0 saturated carbocycles. The van der Waals surface area contributed by atoms with Crippen LogP contribution in [0.15, 0.2) is 78.9 Å². The Bertz CT molecular complexity index is 3240. The van der Waals surface area contributed by atoms with E-state index in [-0.39, 0.29) is 63.6 Å². The molecule has 2 unspecified atom stereocenters. The molecule has 0 aromatic heterocycles. The van der Waals surface area contributed by atoms with Crippen LogP contribution >= 0.6 is 33.3 Å². The van der Waals surface area contributed by atoms with Crippen LogP contribution in [0, 0.1) is 29.6 Å². The Hall–Kier alpha value is -6.35. The summed E-state index contributed by atoms with van der Waals surface area (Å²) in [5, 5.41) is 14.4. The molecule has 0 radical (unpaired) electrons. The smallest absolute Gasteiger partial charge is 0.309 e. The SMILES string of the molecule is CCSSC[C@H](C)C(=O)CCCOCCOCC(=O)N[C@@H](Cc1ccc(OC(C)(C)C)cc1)C(=O)C[C@@H](COC(C)(C)C)C(=O)N[C@H](C(=O)C[C@H]1COC(=O)[C@H](CCSC)CC(=O)[C@H](C(C)CC)NC(=O)[C@H](Cc2ccccc2)NC(=O)[C@H](Cc2ccc(OC(C)(C)C)cc2)NC1=O)C(C)OC(C)(C)C. The lowest BCUT2D eigenvalue weighted by Crippen LogP contribution is -2.58. The van der Waals surface area contributed by atoms with E-state index in [1.807, 2.05) is 74.6 Å². The zero-order valence-corrected chi connectivity index (χ0v) is 67.9. The van der Waals surface area contributed by atoms with Crippen LogP contribution in [0.2, 0.25) is 0 Å². The zero-order valence-electron chi connectivity index (χ0n) is 65.5. The van der Waals surface area contributed by atoms with Gasteiger partial charge in [-0.25, -0.2) is 0 Å². The minimum atomic E-state index is -1.55. The summed E-state index contributed by atoms with van der Waals surface area (Å²) in [6.07, 6.45) is 0.654. The predicted molar refractivity (Wildman–Crippen MR) is 415 cm³/mol. The second-order valence-corrected chi connectivity index (χ2v) is 34.9. The molecule has 5 N–H and O–H groups in total. The van der Waals surface area contributed by atoms with Gasteiger partial charge in [0.05, 0.1) is 67.0 Å². The summed E-state index contributed by atoms with van der Waals surface area (Å²) in [5.41, 5.74) is -0.875. The highest BCUT2D eigenvalue weighted by molar-refractivity contribution is 8.76. The molecule has 22 nitrogen and oxygen atoms in total. The maximum absolute atomic E-state index is 15.5. The van der Waals surface area contributed by atoms with E-state index in [1.165, 1.54) is 11.8 Å². The number of hydrogen-bond donors (Lipinski definition) is 5. The van der Waals surface area contributed by atoms with Crippen molar-refractivity contribution in [3.63, 3.8) is 0 Å². The summed E-state index contributed by atoms with van der Waals surface area (Å²) in [7, 11) is 3.42. The number of ether oxygens (including phenoxy) is 7. The van der Waals surface area contributed by atoms with Gasteiger partial charge in [0, 0.05) is 62.6 Å². The van der Waals surface area contributed by atoms with E-state index in [1.54, 1.807) is 143 Å². The minimum absolute atomic E-state index is 0.00417. The maximum Gasteiger partial charge on any atom is 0.309 e. The van der Waals surface area contributed by atoms with Gasteiger partial charge >= 0.3 is 5.97 Å². The third-order valence-electron chi connectivity index (χ3n) is 17.0. The van der Waals surface area contributed by atoms with Crippen molar-refractivity contribution in [3.05, 3.63) is 95.6 Å². The fraction of sp³-hybridized carbons (Fsp3) is 0.650.